The van der Waals surface area contributed by atoms with E-state index in [0.717, 1.165) is 11.3 Å². The van der Waals surface area contributed by atoms with Crippen LogP contribution in [0.5, 0.6) is 0 Å². The fourth-order valence-corrected chi connectivity index (χ4v) is 3.51. The number of anilines is 2. The topological polar surface area (TPSA) is 117 Å². The average molecular weight is 465 g/mol. The lowest BCUT2D eigenvalue weighted by Crippen LogP contribution is -2.14. The molecule has 5 N–H and O–H groups in total. The zero-order chi connectivity index (χ0) is 24.8. The Balaban J connectivity index is 1.61. The Bertz CT molecular complexity index is 1350. The summed E-state index contributed by atoms with van der Waals surface area (Å²) in [4.78, 5) is 29.3. The number of benzene rings is 3. The molecule has 2 amide bonds. The lowest BCUT2D eigenvalue weighted by atomic mass is 10.0. The molecule has 0 bridgehead atoms. The van der Waals surface area contributed by atoms with Gasteiger partial charge in [-0.3, -0.25) is 9.59 Å². The number of nitrogens with zero attached hydrogens (tertiary/aromatic N) is 1. The van der Waals surface area contributed by atoms with Crippen molar-refractivity contribution < 1.29 is 14.7 Å². The molecule has 0 radical (unpaired) electrons. The molecule has 0 aliphatic rings. The van der Waals surface area contributed by atoms with Crippen molar-refractivity contribution in [3.63, 3.8) is 0 Å². The molecule has 0 aliphatic heterocycles. The van der Waals surface area contributed by atoms with Crippen LogP contribution in [0.4, 0.5) is 11.4 Å². The maximum atomic E-state index is 12.6. The molecule has 3 aromatic carbocycles. The van der Waals surface area contributed by atoms with Crippen LogP contribution in [0.15, 0.2) is 104 Å². The van der Waals surface area contributed by atoms with Gasteiger partial charge < -0.3 is 21.5 Å². The van der Waals surface area contributed by atoms with Gasteiger partial charge in [-0.05, 0) is 54.6 Å². The predicted molar refractivity (Wildman–Crippen MR) is 138 cm³/mol. The van der Waals surface area contributed by atoms with Crippen molar-refractivity contribution in [3.05, 3.63) is 115 Å². The molecule has 7 nitrogen and oxygen atoms in total. The number of para-hydroxylation sites is 1. The van der Waals surface area contributed by atoms with Crippen molar-refractivity contribution in [1.82, 2.24) is 4.98 Å². The molecule has 174 valence electrons. The number of carbonyl (C=O) groups excluding carboxylic acids is 2. The van der Waals surface area contributed by atoms with E-state index in [0.29, 0.717) is 28.2 Å². The number of aliphatic hydroxyl groups is 1. The fourth-order valence-electron chi connectivity index (χ4n) is 3.51. The number of nitrogens with one attached hydrogen (secondary N) is 2. The largest absolute Gasteiger partial charge is 0.370 e. The van der Waals surface area contributed by atoms with E-state index < -0.39 is 12.1 Å². The van der Waals surface area contributed by atoms with Crippen LogP contribution in [-0.4, -0.2) is 28.1 Å². The van der Waals surface area contributed by atoms with Gasteiger partial charge in [0.2, 0.25) is 0 Å². The first-order valence-electron chi connectivity index (χ1n) is 10.9. The first-order chi connectivity index (χ1) is 16.9. The molecule has 0 aliphatic carbocycles. The summed E-state index contributed by atoms with van der Waals surface area (Å²) in [6.07, 6.45) is 0.541. The van der Waals surface area contributed by atoms with E-state index in [1.165, 1.54) is 6.08 Å². The normalized spacial score (nSPS) is 11.3. The molecular formula is C28H24N4O3. The van der Waals surface area contributed by atoms with E-state index in [1.807, 2.05) is 54.6 Å². The van der Waals surface area contributed by atoms with Crippen LogP contribution in [0.1, 0.15) is 20.7 Å². The van der Waals surface area contributed by atoms with Crippen molar-refractivity contribution in [2.75, 3.05) is 10.6 Å². The summed E-state index contributed by atoms with van der Waals surface area (Å²) in [5, 5.41) is 15.4. The van der Waals surface area contributed by atoms with E-state index in [4.69, 9.17) is 10.7 Å². The van der Waals surface area contributed by atoms with Crippen LogP contribution in [0.25, 0.3) is 22.5 Å². The van der Waals surface area contributed by atoms with Crippen LogP contribution in [0.2, 0.25) is 0 Å². The fraction of sp³-hybridized carbons (Fsp3) is 0.0357. The first kappa shape index (κ1) is 23.4. The number of primary amides is 1. The monoisotopic (exact) mass is 464 g/mol. The molecular weight excluding hydrogens is 440 g/mol. The number of amides is 2. The molecule has 4 aromatic rings. The summed E-state index contributed by atoms with van der Waals surface area (Å²) in [6.45, 7) is 3.53. The molecule has 0 fully saturated rings. The average Bonchev–Trinajstić information content (AvgIpc) is 2.89. The molecule has 1 heterocycles. The molecule has 1 atom stereocenters. The maximum Gasteiger partial charge on any atom is 0.255 e. The Morgan fingerprint density at radius 2 is 1.51 bits per heavy atom. The highest BCUT2D eigenvalue weighted by atomic mass is 16.3. The minimum absolute atomic E-state index is 0.241. The molecule has 0 saturated heterocycles. The smallest absolute Gasteiger partial charge is 0.255 e. The van der Waals surface area contributed by atoms with Crippen molar-refractivity contribution in [2.24, 2.45) is 5.73 Å². The number of rotatable bonds is 8. The number of nitrogens with two attached hydrogens (primary N) is 1. The predicted octanol–water partition coefficient (Wildman–Crippen LogP) is 4.68. The Labute approximate surface area is 203 Å². The highest BCUT2D eigenvalue weighted by Gasteiger charge is 2.15. The summed E-state index contributed by atoms with van der Waals surface area (Å²) < 4.78 is 0. The Kier molecular flexibility index (Phi) is 6.99. The van der Waals surface area contributed by atoms with Crippen molar-refractivity contribution >= 4 is 23.2 Å². The third-order valence-corrected chi connectivity index (χ3v) is 5.33. The molecule has 1 unspecified atom stereocenters. The van der Waals surface area contributed by atoms with Gasteiger partial charge >= 0.3 is 0 Å². The second kappa shape index (κ2) is 10.5. The lowest BCUT2D eigenvalue weighted by molar-refractivity contribution is 0.0997. The third kappa shape index (κ3) is 5.61. The molecule has 4 rings (SSSR count). The van der Waals surface area contributed by atoms with Gasteiger partial charge in [0.05, 0.1) is 17.0 Å². The summed E-state index contributed by atoms with van der Waals surface area (Å²) in [6, 6.07) is 26.7. The van der Waals surface area contributed by atoms with E-state index in [-0.39, 0.29) is 11.5 Å². The molecule has 7 heteroatoms. The lowest BCUT2D eigenvalue weighted by Gasteiger charge is -2.12. The highest BCUT2D eigenvalue weighted by Crippen LogP contribution is 2.27. The summed E-state index contributed by atoms with van der Waals surface area (Å²) in [5.74, 6) is -0.835. The number of carbonyl (C=O) groups is 2. The molecule has 0 saturated carbocycles. The van der Waals surface area contributed by atoms with E-state index >= 15 is 0 Å². The third-order valence-electron chi connectivity index (χ3n) is 5.33. The number of hydrogen-bond acceptors (Lipinski definition) is 5. The molecule has 35 heavy (non-hydrogen) atoms. The summed E-state index contributed by atoms with van der Waals surface area (Å²) in [7, 11) is 0. The zero-order valence-corrected chi connectivity index (χ0v) is 18.8. The zero-order valence-electron chi connectivity index (χ0n) is 18.8. The Morgan fingerprint density at radius 3 is 2.14 bits per heavy atom. The van der Waals surface area contributed by atoms with Crippen molar-refractivity contribution in [1.29, 1.82) is 0 Å². The number of aromatic nitrogens is 1. The number of aliphatic hydroxyl groups excluding tert-OH is 1. The number of pyridine rings is 1. The van der Waals surface area contributed by atoms with E-state index in [9.17, 15) is 14.7 Å². The second-order valence-electron chi connectivity index (χ2n) is 7.76. The Hall–Kier alpha value is -4.75. The second-order valence-corrected chi connectivity index (χ2v) is 7.76. The number of hydrogen-bond donors (Lipinski definition) is 4. The molecule has 1 aromatic heterocycles. The van der Waals surface area contributed by atoms with Gasteiger partial charge in [-0.25, -0.2) is 4.98 Å². The van der Waals surface area contributed by atoms with Gasteiger partial charge in [0, 0.05) is 28.1 Å². The van der Waals surface area contributed by atoms with Gasteiger partial charge in [-0.2, -0.15) is 0 Å². The van der Waals surface area contributed by atoms with Crippen LogP contribution in [-0.2, 0) is 0 Å². The van der Waals surface area contributed by atoms with Crippen molar-refractivity contribution in [3.8, 4) is 22.5 Å². The maximum absolute atomic E-state index is 12.6. The van der Waals surface area contributed by atoms with E-state index in [2.05, 4.69) is 17.2 Å². The minimum atomic E-state index is -0.849. The quantitative estimate of drug-likeness (QED) is 0.223. The van der Waals surface area contributed by atoms with Crippen LogP contribution >= 0.6 is 0 Å². The standard InChI is InChI=1S/C28H24N4O3/c1-2-25(33)30-22-14-12-18(13-15-22)24-17-16-23(27(29)34)26(32-24)19-8-10-20(11-9-19)28(35)31-21-6-4-3-5-7-21/h2-17,25,30,33H,1H2,(H2,29,34)(H,31,35). The van der Waals surface area contributed by atoms with Gasteiger partial charge in [0.1, 0.15) is 6.23 Å². The highest BCUT2D eigenvalue weighted by molar-refractivity contribution is 6.05. The van der Waals surface area contributed by atoms with Gasteiger partial charge in [-0.1, -0.05) is 49.0 Å². The summed E-state index contributed by atoms with van der Waals surface area (Å²) >= 11 is 0. The van der Waals surface area contributed by atoms with Crippen molar-refractivity contribution in [2.45, 2.75) is 6.23 Å². The van der Waals surface area contributed by atoms with Crippen LogP contribution in [0.3, 0.4) is 0 Å². The Morgan fingerprint density at radius 1 is 0.857 bits per heavy atom. The van der Waals surface area contributed by atoms with Crippen LogP contribution in [0, 0.1) is 0 Å². The summed E-state index contributed by atoms with van der Waals surface area (Å²) in [5.41, 5.74) is 10.3. The first-order valence-corrected chi connectivity index (χ1v) is 10.9. The van der Waals surface area contributed by atoms with Gasteiger partial charge in [-0.15, -0.1) is 0 Å². The SMILES string of the molecule is C=CC(O)Nc1ccc(-c2ccc(C(N)=O)c(-c3ccc(C(=O)Nc4ccccc4)cc3)n2)cc1. The molecule has 0 spiro atoms. The van der Waals surface area contributed by atoms with Crippen LogP contribution < -0.4 is 16.4 Å². The van der Waals surface area contributed by atoms with E-state index in [1.54, 1.807) is 36.4 Å². The van der Waals surface area contributed by atoms with Gasteiger partial charge in [0.15, 0.2) is 0 Å². The van der Waals surface area contributed by atoms with Gasteiger partial charge in [0.25, 0.3) is 11.8 Å². The minimum Gasteiger partial charge on any atom is -0.370 e.